The average molecular weight is 218 g/mol. The Kier molecular flexibility index (Phi) is 2.04. The van der Waals surface area contributed by atoms with Crippen molar-refractivity contribution in [3.63, 3.8) is 0 Å². The molecule has 1 heterocycles. The van der Waals surface area contributed by atoms with Crippen LogP contribution in [0.5, 0.6) is 0 Å². The summed E-state index contributed by atoms with van der Waals surface area (Å²) in [6.07, 6.45) is 0.812. The highest BCUT2D eigenvalue weighted by molar-refractivity contribution is 5.84. The number of fused-ring (bicyclic) bond motifs is 1. The second-order valence-corrected chi connectivity index (χ2v) is 4.46. The van der Waals surface area contributed by atoms with Crippen molar-refractivity contribution in [3.05, 3.63) is 35.9 Å². The first-order valence-electron chi connectivity index (χ1n) is 5.55. The molecule has 1 aliphatic carbocycles. The number of hydrogen-bond donors (Lipinski definition) is 0. The maximum atomic E-state index is 11.9. The van der Waals surface area contributed by atoms with E-state index in [-0.39, 0.29) is 18.0 Å². The van der Waals surface area contributed by atoms with Gasteiger partial charge in [-0.2, -0.15) is 0 Å². The molecule has 0 spiro atoms. The summed E-state index contributed by atoms with van der Waals surface area (Å²) in [6.45, 7) is 0.670. The zero-order valence-electron chi connectivity index (χ0n) is 9.18. The quantitative estimate of drug-likeness (QED) is 0.709. The Balaban J connectivity index is 1.93. The lowest BCUT2D eigenvalue weighted by Crippen LogP contribution is -2.20. The molecule has 0 aromatic heterocycles. The monoisotopic (exact) mass is 218 g/mol. The second-order valence-electron chi connectivity index (χ2n) is 4.46. The second kappa shape index (κ2) is 3.32. The normalized spacial score (nSPS) is 35.6. The van der Waals surface area contributed by atoms with Gasteiger partial charge in [0.2, 0.25) is 0 Å². The van der Waals surface area contributed by atoms with Crippen LogP contribution < -0.4 is 0 Å². The number of hydrogen-bond acceptors (Lipinski definition) is 3. The number of carbonyl (C=O) groups is 1. The molecule has 3 atom stereocenters. The van der Waals surface area contributed by atoms with Crippen LogP contribution in [-0.2, 0) is 14.3 Å². The smallest absolute Gasteiger partial charge is 0.315 e. The van der Waals surface area contributed by atoms with E-state index in [4.69, 9.17) is 9.47 Å². The topological polar surface area (TPSA) is 35.5 Å². The third kappa shape index (κ3) is 1.09. The Labute approximate surface area is 94.4 Å². The van der Waals surface area contributed by atoms with Gasteiger partial charge in [-0.1, -0.05) is 30.3 Å². The highest BCUT2D eigenvalue weighted by Crippen LogP contribution is 2.67. The maximum absolute atomic E-state index is 11.9. The van der Waals surface area contributed by atoms with Gasteiger partial charge in [0.05, 0.1) is 13.2 Å². The van der Waals surface area contributed by atoms with E-state index in [1.54, 1.807) is 0 Å². The largest absolute Gasteiger partial charge is 0.468 e. The van der Waals surface area contributed by atoms with Gasteiger partial charge in [0.25, 0.3) is 0 Å². The fourth-order valence-electron chi connectivity index (χ4n) is 2.97. The van der Waals surface area contributed by atoms with Crippen molar-refractivity contribution < 1.29 is 14.3 Å². The molecule has 84 valence electrons. The SMILES string of the molecule is COC(=O)[C@]12CCO[C@H]1[C@@H]2c1ccccc1. The van der Waals surface area contributed by atoms with Crippen LogP contribution in [0.2, 0.25) is 0 Å². The van der Waals surface area contributed by atoms with Gasteiger partial charge in [-0.15, -0.1) is 0 Å². The van der Waals surface area contributed by atoms with Gasteiger partial charge < -0.3 is 9.47 Å². The van der Waals surface area contributed by atoms with Crippen LogP contribution >= 0.6 is 0 Å². The Morgan fingerprint density at radius 1 is 1.44 bits per heavy atom. The summed E-state index contributed by atoms with van der Waals surface area (Å²) in [6, 6.07) is 10.1. The first kappa shape index (κ1) is 9.85. The molecule has 16 heavy (non-hydrogen) atoms. The maximum Gasteiger partial charge on any atom is 0.315 e. The van der Waals surface area contributed by atoms with Crippen LogP contribution in [0.1, 0.15) is 17.9 Å². The number of methoxy groups -OCH3 is 1. The summed E-state index contributed by atoms with van der Waals surface area (Å²) in [5, 5.41) is 0. The molecular weight excluding hydrogens is 204 g/mol. The summed E-state index contributed by atoms with van der Waals surface area (Å²) in [4.78, 5) is 11.9. The minimum absolute atomic E-state index is 0.0300. The van der Waals surface area contributed by atoms with Gasteiger partial charge in [-0.25, -0.2) is 0 Å². The first-order chi connectivity index (χ1) is 7.80. The van der Waals surface area contributed by atoms with Crippen LogP contribution in [0.25, 0.3) is 0 Å². The molecule has 2 fully saturated rings. The highest BCUT2D eigenvalue weighted by atomic mass is 16.5. The summed E-state index contributed by atoms with van der Waals surface area (Å²) in [5.74, 6) is 0.0683. The molecule has 3 nitrogen and oxygen atoms in total. The van der Waals surface area contributed by atoms with Crippen molar-refractivity contribution in [1.29, 1.82) is 0 Å². The molecule has 0 radical (unpaired) electrons. The van der Waals surface area contributed by atoms with E-state index in [1.165, 1.54) is 12.7 Å². The van der Waals surface area contributed by atoms with E-state index in [9.17, 15) is 4.79 Å². The third-order valence-corrected chi connectivity index (χ3v) is 3.79. The van der Waals surface area contributed by atoms with Gasteiger partial charge in [-0.05, 0) is 12.0 Å². The highest BCUT2D eigenvalue weighted by Gasteiger charge is 2.74. The Morgan fingerprint density at radius 3 is 2.88 bits per heavy atom. The van der Waals surface area contributed by atoms with Crippen LogP contribution in [0.3, 0.4) is 0 Å². The molecule has 1 aliphatic heterocycles. The zero-order chi connectivity index (χ0) is 11.2. The van der Waals surface area contributed by atoms with E-state index < -0.39 is 5.41 Å². The number of ether oxygens (including phenoxy) is 2. The van der Waals surface area contributed by atoms with Gasteiger partial charge in [-0.3, -0.25) is 4.79 Å². The predicted molar refractivity (Wildman–Crippen MR) is 58.0 cm³/mol. The summed E-state index contributed by atoms with van der Waals surface area (Å²) in [5.41, 5.74) is 0.786. The van der Waals surface area contributed by atoms with E-state index >= 15 is 0 Å². The van der Waals surface area contributed by atoms with Gasteiger partial charge in [0.15, 0.2) is 0 Å². The van der Waals surface area contributed by atoms with E-state index in [0.29, 0.717) is 6.61 Å². The Bertz CT molecular complexity index is 414. The van der Waals surface area contributed by atoms with Crippen LogP contribution in [0.15, 0.2) is 30.3 Å². The van der Waals surface area contributed by atoms with Crippen molar-refractivity contribution in [2.24, 2.45) is 5.41 Å². The molecule has 2 aliphatic rings. The van der Waals surface area contributed by atoms with E-state index in [2.05, 4.69) is 12.1 Å². The van der Waals surface area contributed by atoms with Crippen molar-refractivity contribution in [1.82, 2.24) is 0 Å². The fourth-order valence-corrected chi connectivity index (χ4v) is 2.97. The molecule has 0 N–H and O–H groups in total. The third-order valence-electron chi connectivity index (χ3n) is 3.79. The fraction of sp³-hybridized carbons (Fsp3) is 0.462. The number of rotatable bonds is 2. The summed E-state index contributed by atoms with van der Waals surface area (Å²) in [7, 11) is 1.45. The van der Waals surface area contributed by atoms with Crippen molar-refractivity contribution in [3.8, 4) is 0 Å². The molecule has 3 heteroatoms. The van der Waals surface area contributed by atoms with Crippen LogP contribution in [-0.4, -0.2) is 25.8 Å². The first-order valence-corrected chi connectivity index (χ1v) is 5.55. The van der Waals surface area contributed by atoms with Gasteiger partial charge >= 0.3 is 5.97 Å². The molecule has 1 saturated heterocycles. The minimum atomic E-state index is -0.393. The van der Waals surface area contributed by atoms with Crippen molar-refractivity contribution >= 4 is 5.97 Å². The molecule has 0 unspecified atom stereocenters. The van der Waals surface area contributed by atoms with E-state index in [1.807, 2.05) is 18.2 Å². The molecule has 0 bridgehead atoms. The standard InChI is InChI=1S/C13H14O3/c1-15-12(14)13-7-8-16-11(13)10(13)9-5-3-2-4-6-9/h2-6,10-11H,7-8H2,1H3/t10-,11-,13-/m0/s1. The molecule has 0 amide bonds. The lowest BCUT2D eigenvalue weighted by atomic mass is 9.96. The lowest BCUT2D eigenvalue weighted by Gasteiger charge is -2.11. The minimum Gasteiger partial charge on any atom is -0.468 e. The Morgan fingerprint density at radius 2 is 2.19 bits per heavy atom. The molecule has 1 aromatic rings. The number of benzene rings is 1. The van der Waals surface area contributed by atoms with Gasteiger partial charge in [0, 0.05) is 12.5 Å². The van der Waals surface area contributed by atoms with Crippen LogP contribution in [0, 0.1) is 5.41 Å². The van der Waals surface area contributed by atoms with Gasteiger partial charge in [0.1, 0.15) is 5.41 Å². The number of carbonyl (C=O) groups excluding carboxylic acids is 1. The molecule has 3 rings (SSSR count). The summed E-state index contributed by atoms with van der Waals surface area (Å²) >= 11 is 0. The number of esters is 1. The van der Waals surface area contributed by atoms with Crippen molar-refractivity contribution in [2.45, 2.75) is 18.4 Å². The van der Waals surface area contributed by atoms with Crippen molar-refractivity contribution in [2.75, 3.05) is 13.7 Å². The van der Waals surface area contributed by atoms with E-state index in [0.717, 1.165) is 6.42 Å². The lowest BCUT2D eigenvalue weighted by molar-refractivity contribution is -0.147. The average Bonchev–Trinajstić information content (AvgIpc) is 2.79. The Hall–Kier alpha value is -1.35. The molecule has 1 aromatic carbocycles. The van der Waals surface area contributed by atoms with Crippen LogP contribution in [0.4, 0.5) is 0 Å². The zero-order valence-corrected chi connectivity index (χ0v) is 9.18. The molecular formula is C13H14O3. The predicted octanol–water partition coefficient (Wildman–Crippen LogP) is 1.73. The molecule has 1 saturated carbocycles. The summed E-state index contributed by atoms with van der Waals surface area (Å²) < 4.78 is 10.5.